The summed E-state index contributed by atoms with van der Waals surface area (Å²) in [6.07, 6.45) is 6.92. The molecule has 0 radical (unpaired) electrons. The molecule has 1 spiro atoms. The van der Waals surface area contributed by atoms with E-state index in [1.54, 1.807) is 44.1 Å². The fraction of sp³-hybridized carbons (Fsp3) is 0.438. The van der Waals surface area contributed by atoms with Crippen molar-refractivity contribution in [1.82, 2.24) is 34.4 Å². The standard InChI is InChI=1S/C32H34N8O4/c1-6-38-26(21-15-33-18(2)34-16-21)37-25-24(35-17-36-27(25)38)20-10-11-23-22(14-20)32(12-7-13-39(32)28(41)19-8-9-19)29(42)40(23)30(43)44-31(3,4)5/h10-11,14-17,19H,6-9,12-13H2,1-5H3. The third-order valence-corrected chi connectivity index (χ3v) is 8.55. The predicted octanol–water partition coefficient (Wildman–Crippen LogP) is 4.79. The first-order chi connectivity index (χ1) is 21.0. The predicted molar refractivity (Wildman–Crippen MR) is 161 cm³/mol. The molecule has 44 heavy (non-hydrogen) atoms. The van der Waals surface area contributed by atoms with E-state index in [2.05, 4.69) is 19.9 Å². The van der Waals surface area contributed by atoms with Gasteiger partial charge in [-0.3, -0.25) is 9.59 Å². The molecule has 2 aliphatic heterocycles. The van der Waals surface area contributed by atoms with E-state index < -0.39 is 23.1 Å². The summed E-state index contributed by atoms with van der Waals surface area (Å²) >= 11 is 0. The van der Waals surface area contributed by atoms with E-state index in [0.29, 0.717) is 71.3 Å². The number of aryl methyl sites for hydroxylation is 2. The van der Waals surface area contributed by atoms with Crippen LogP contribution in [-0.2, 0) is 26.4 Å². The third kappa shape index (κ3) is 4.26. The van der Waals surface area contributed by atoms with Crippen LogP contribution in [0.3, 0.4) is 0 Å². The van der Waals surface area contributed by atoms with Gasteiger partial charge in [-0.25, -0.2) is 34.6 Å². The van der Waals surface area contributed by atoms with Gasteiger partial charge in [-0.05, 0) is 72.4 Å². The van der Waals surface area contributed by atoms with Crippen LogP contribution in [0, 0.1) is 12.8 Å². The van der Waals surface area contributed by atoms with Crippen molar-refractivity contribution in [3.8, 4) is 22.6 Å². The monoisotopic (exact) mass is 594 g/mol. The summed E-state index contributed by atoms with van der Waals surface area (Å²) in [6, 6.07) is 5.46. The second-order valence-corrected chi connectivity index (χ2v) is 12.7. The zero-order valence-electron chi connectivity index (χ0n) is 25.5. The summed E-state index contributed by atoms with van der Waals surface area (Å²) in [7, 11) is 0. The van der Waals surface area contributed by atoms with Crippen LogP contribution in [0.5, 0.6) is 0 Å². The summed E-state index contributed by atoms with van der Waals surface area (Å²) in [5.41, 5.74) is 2.21. The number of carbonyl (C=O) groups excluding carboxylic acids is 3. The Balaban J connectivity index is 1.40. The van der Waals surface area contributed by atoms with E-state index in [-0.39, 0.29) is 11.8 Å². The number of benzene rings is 1. The highest BCUT2D eigenvalue weighted by Crippen LogP contribution is 2.53. The number of fused-ring (bicyclic) bond motifs is 3. The molecule has 5 heterocycles. The Bertz CT molecular complexity index is 1840. The summed E-state index contributed by atoms with van der Waals surface area (Å²) in [5.74, 6) is 0.773. The number of hydrogen-bond acceptors (Lipinski definition) is 9. The molecular weight excluding hydrogens is 560 g/mol. The maximum absolute atomic E-state index is 14.4. The third-order valence-electron chi connectivity index (χ3n) is 8.55. The van der Waals surface area contributed by atoms with Gasteiger partial charge >= 0.3 is 6.09 Å². The van der Waals surface area contributed by atoms with Gasteiger partial charge in [0.25, 0.3) is 5.91 Å². The molecule has 1 atom stereocenters. The highest BCUT2D eigenvalue weighted by atomic mass is 16.6. The average Bonchev–Trinajstić information content (AvgIpc) is 3.55. The Morgan fingerprint density at radius 3 is 2.50 bits per heavy atom. The van der Waals surface area contributed by atoms with Crippen molar-refractivity contribution in [2.24, 2.45) is 5.92 Å². The number of amides is 3. The second-order valence-electron chi connectivity index (χ2n) is 12.7. The lowest BCUT2D eigenvalue weighted by Gasteiger charge is -2.34. The van der Waals surface area contributed by atoms with E-state index in [1.165, 1.54) is 6.33 Å². The molecule has 7 rings (SSSR count). The number of anilines is 1. The number of hydrogen-bond donors (Lipinski definition) is 0. The minimum Gasteiger partial charge on any atom is -0.443 e. The molecular formula is C32H34N8O4. The van der Waals surface area contributed by atoms with Gasteiger partial charge in [-0.2, -0.15) is 0 Å². The van der Waals surface area contributed by atoms with Gasteiger partial charge in [0.15, 0.2) is 5.65 Å². The second kappa shape index (κ2) is 9.90. The summed E-state index contributed by atoms with van der Waals surface area (Å²) in [6.45, 7) is 10.2. The molecule has 1 aromatic carbocycles. The summed E-state index contributed by atoms with van der Waals surface area (Å²) < 4.78 is 7.67. The SMILES string of the molecule is CCn1c(-c2cnc(C)nc2)nc2c(-c3ccc4c(c3)C3(CCCN3C(=O)C3CC3)C(=O)N4C(=O)OC(C)(C)C)ncnc21. The Labute approximate surface area is 254 Å². The number of imide groups is 1. The first-order valence-corrected chi connectivity index (χ1v) is 15.1. The van der Waals surface area contributed by atoms with Gasteiger partial charge in [0.2, 0.25) is 5.91 Å². The normalized spacial score (nSPS) is 19.7. The Morgan fingerprint density at radius 1 is 1.07 bits per heavy atom. The highest BCUT2D eigenvalue weighted by Gasteiger charge is 2.61. The molecule has 2 fully saturated rings. The zero-order chi connectivity index (χ0) is 31.0. The van der Waals surface area contributed by atoms with Crippen LogP contribution >= 0.6 is 0 Å². The van der Waals surface area contributed by atoms with Crippen molar-refractivity contribution in [1.29, 1.82) is 0 Å². The number of rotatable bonds is 4. The van der Waals surface area contributed by atoms with E-state index in [4.69, 9.17) is 9.72 Å². The minimum atomic E-state index is -1.29. The molecule has 12 nitrogen and oxygen atoms in total. The molecule has 0 bridgehead atoms. The Hall–Kier alpha value is -4.74. The topological polar surface area (TPSA) is 136 Å². The van der Waals surface area contributed by atoms with Gasteiger partial charge in [-0.1, -0.05) is 6.07 Å². The van der Waals surface area contributed by atoms with Crippen LogP contribution in [0.1, 0.15) is 64.8 Å². The van der Waals surface area contributed by atoms with Gasteiger partial charge in [0.05, 0.1) is 11.3 Å². The van der Waals surface area contributed by atoms with Crippen LogP contribution in [0.4, 0.5) is 10.5 Å². The van der Waals surface area contributed by atoms with Crippen LogP contribution < -0.4 is 4.90 Å². The number of carbonyl (C=O) groups is 3. The number of nitrogens with zero attached hydrogens (tertiary/aromatic N) is 8. The molecule has 4 aromatic rings. The van der Waals surface area contributed by atoms with Gasteiger partial charge < -0.3 is 14.2 Å². The van der Waals surface area contributed by atoms with Gasteiger partial charge in [0, 0.05) is 42.5 Å². The van der Waals surface area contributed by atoms with Gasteiger partial charge in [-0.15, -0.1) is 0 Å². The molecule has 1 unspecified atom stereocenters. The van der Waals surface area contributed by atoms with Crippen molar-refractivity contribution in [3.63, 3.8) is 0 Å². The van der Waals surface area contributed by atoms with Crippen LogP contribution in [0.15, 0.2) is 36.9 Å². The zero-order valence-corrected chi connectivity index (χ0v) is 25.5. The fourth-order valence-electron chi connectivity index (χ4n) is 6.45. The van der Waals surface area contributed by atoms with Gasteiger partial charge in [0.1, 0.15) is 40.3 Å². The molecule has 1 aliphatic carbocycles. The van der Waals surface area contributed by atoms with Crippen LogP contribution in [-0.4, -0.2) is 64.4 Å². The lowest BCUT2D eigenvalue weighted by molar-refractivity contribution is -0.144. The van der Waals surface area contributed by atoms with E-state index >= 15 is 0 Å². The molecule has 0 N–H and O–H groups in total. The lowest BCUT2D eigenvalue weighted by atomic mass is 9.86. The first-order valence-electron chi connectivity index (χ1n) is 15.1. The molecule has 3 aliphatic rings. The van der Waals surface area contributed by atoms with Crippen molar-refractivity contribution in [2.45, 2.75) is 78.0 Å². The number of aromatic nitrogens is 6. The van der Waals surface area contributed by atoms with Crippen LogP contribution in [0.2, 0.25) is 0 Å². The Kier molecular flexibility index (Phi) is 6.31. The molecule has 226 valence electrons. The Morgan fingerprint density at radius 2 is 1.82 bits per heavy atom. The lowest BCUT2D eigenvalue weighted by Crippen LogP contribution is -2.53. The fourth-order valence-corrected chi connectivity index (χ4v) is 6.45. The smallest absolute Gasteiger partial charge is 0.421 e. The molecule has 1 saturated heterocycles. The maximum atomic E-state index is 14.4. The summed E-state index contributed by atoms with van der Waals surface area (Å²) in [5, 5.41) is 0. The molecule has 12 heteroatoms. The van der Waals surface area contributed by atoms with Crippen molar-refractivity contribution in [2.75, 3.05) is 11.4 Å². The highest BCUT2D eigenvalue weighted by molar-refractivity contribution is 6.22. The van der Waals surface area contributed by atoms with Crippen LogP contribution in [0.25, 0.3) is 33.8 Å². The first kappa shape index (κ1) is 28.1. The molecule has 1 saturated carbocycles. The summed E-state index contributed by atoms with van der Waals surface area (Å²) in [4.78, 5) is 67.1. The van der Waals surface area contributed by atoms with Crippen molar-refractivity contribution >= 4 is 34.8 Å². The minimum absolute atomic E-state index is 0.0330. The van der Waals surface area contributed by atoms with E-state index in [9.17, 15) is 14.4 Å². The largest absolute Gasteiger partial charge is 0.443 e. The number of likely N-dealkylation sites (tertiary alicyclic amines) is 1. The molecule has 3 amide bonds. The maximum Gasteiger partial charge on any atom is 0.421 e. The van der Waals surface area contributed by atoms with E-state index in [1.807, 2.05) is 30.5 Å². The van der Waals surface area contributed by atoms with Crippen molar-refractivity contribution in [3.05, 3.63) is 48.3 Å². The van der Waals surface area contributed by atoms with E-state index in [0.717, 1.165) is 23.3 Å². The number of imidazole rings is 1. The number of ether oxygens (including phenoxy) is 1. The quantitative estimate of drug-likeness (QED) is 0.327. The van der Waals surface area contributed by atoms with Crippen molar-refractivity contribution < 1.29 is 19.1 Å². The molecule has 3 aromatic heterocycles. The average molecular weight is 595 g/mol.